The van der Waals surface area contributed by atoms with Crippen LogP contribution in [0.5, 0.6) is 0 Å². The van der Waals surface area contributed by atoms with E-state index in [2.05, 4.69) is 19.2 Å². The Morgan fingerprint density at radius 1 is 1.17 bits per heavy atom. The minimum Gasteiger partial charge on any atom is -0.376 e. The number of nitrogens with zero attached hydrogens (tertiary/aromatic N) is 1. The maximum absolute atomic E-state index is 12.4. The first-order chi connectivity index (χ1) is 11.4. The zero-order chi connectivity index (χ0) is 17.7. The number of rotatable bonds is 5. The van der Waals surface area contributed by atoms with Gasteiger partial charge in [0.05, 0.1) is 18.8 Å². The number of nitrogens with two attached hydrogens (primary N) is 1. The Kier molecular flexibility index (Phi) is 7.35. The summed E-state index contributed by atoms with van der Waals surface area (Å²) < 4.78 is 6.20. The lowest BCUT2D eigenvalue weighted by molar-refractivity contribution is -0.0229. The second-order valence-electron chi connectivity index (χ2n) is 8.29. The number of piperidine rings is 1. The summed E-state index contributed by atoms with van der Waals surface area (Å²) in [5.41, 5.74) is 6.31. The first-order valence-electron chi connectivity index (χ1n) is 9.82. The lowest BCUT2D eigenvalue weighted by atomic mass is 9.80. The number of amides is 2. The Balaban J connectivity index is 1.85. The fourth-order valence-corrected chi connectivity index (χ4v) is 4.04. The Hall–Kier alpha value is -0.810. The number of urea groups is 1. The van der Waals surface area contributed by atoms with E-state index in [1.807, 2.05) is 18.7 Å². The molecule has 5 heteroatoms. The molecule has 1 heterocycles. The largest absolute Gasteiger partial charge is 0.376 e. The van der Waals surface area contributed by atoms with Gasteiger partial charge in [0, 0.05) is 18.6 Å². The number of likely N-dealkylation sites (tertiary alicyclic amines) is 1. The maximum Gasteiger partial charge on any atom is 0.317 e. The monoisotopic (exact) mass is 339 g/mol. The predicted octanol–water partition coefficient (Wildman–Crippen LogP) is 3.13. The molecule has 0 aromatic rings. The van der Waals surface area contributed by atoms with Gasteiger partial charge >= 0.3 is 6.03 Å². The highest BCUT2D eigenvalue weighted by atomic mass is 16.5. The van der Waals surface area contributed by atoms with Crippen LogP contribution in [0.25, 0.3) is 0 Å². The number of ether oxygens (including phenoxy) is 1. The Morgan fingerprint density at radius 3 is 2.42 bits per heavy atom. The van der Waals surface area contributed by atoms with Crippen molar-refractivity contribution in [3.05, 3.63) is 0 Å². The molecule has 140 valence electrons. The normalized spacial score (nSPS) is 31.5. The van der Waals surface area contributed by atoms with Crippen LogP contribution >= 0.6 is 0 Å². The molecule has 0 spiro atoms. The molecule has 1 aliphatic heterocycles. The molecule has 5 nitrogen and oxygen atoms in total. The lowest BCUT2D eigenvalue weighted by Crippen LogP contribution is -2.59. The van der Waals surface area contributed by atoms with E-state index in [9.17, 15) is 4.79 Å². The molecule has 1 aliphatic carbocycles. The van der Waals surface area contributed by atoms with Crippen molar-refractivity contribution in [2.45, 2.75) is 90.4 Å². The zero-order valence-electron chi connectivity index (χ0n) is 16.0. The molecule has 3 N–H and O–H groups in total. The average molecular weight is 340 g/mol. The van der Waals surface area contributed by atoms with Crippen molar-refractivity contribution < 1.29 is 9.53 Å². The highest BCUT2D eigenvalue weighted by molar-refractivity contribution is 5.75. The van der Waals surface area contributed by atoms with Gasteiger partial charge in [0.1, 0.15) is 0 Å². The van der Waals surface area contributed by atoms with Gasteiger partial charge in [-0.25, -0.2) is 4.79 Å². The molecule has 2 aliphatic rings. The molecule has 0 aromatic carbocycles. The molecule has 2 atom stereocenters. The average Bonchev–Trinajstić information content (AvgIpc) is 2.53. The van der Waals surface area contributed by atoms with E-state index in [1.165, 1.54) is 12.8 Å². The quantitative estimate of drug-likeness (QED) is 0.808. The van der Waals surface area contributed by atoms with Crippen LogP contribution in [0.3, 0.4) is 0 Å². The summed E-state index contributed by atoms with van der Waals surface area (Å²) in [6.45, 7) is 9.96. The van der Waals surface area contributed by atoms with Gasteiger partial charge in [-0.3, -0.25) is 0 Å². The van der Waals surface area contributed by atoms with E-state index in [4.69, 9.17) is 10.5 Å². The number of nitrogens with one attached hydrogen (secondary N) is 1. The highest BCUT2D eigenvalue weighted by Crippen LogP contribution is 2.31. The molecule has 1 saturated carbocycles. The van der Waals surface area contributed by atoms with Crippen LogP contribution in [0.15, 0.2) is 0 Å². The molecule has 2 amide bonds. The van der Waals surface area contributed by atoms with Gasteiger partial charge in [0.2, 0.25) is 0 Å². The van der Waals surface area contributed by atoms with Crippen LogP contribution in [0.1, 0.15) is 66.2 Å². The zero-order valence-corrected chi connectivity index (χ0v) is 16.0. The van der Waals surface area contributed by atoms with E-state index < -0.39 is 0 Å². The smallest absolute Gasteiger partial charge is 0.317 e. The Bertz CT molecular complexity index is 392. The van der Waals surface area contributed by atoms with Crippen molar-refractivity contribution in [1.29, 1.82) is 0 Å². The molecule has 0 radical (unpaired) electrons. The van der Waals surface area contributed by atoms with E-state index in [0.29, 0.717) is 12.7 Å². The molecular weight excluding hydrogens is 302 g/mol. The lowest BCUT2D eigenvalue weighted by Gasteiger charge is -2.41. The molecular formula is C19H37N3O2. The van der Waals surface area contributed by atoms with E-state index >= 15 is 0 Å². The van der Waals surface area contributed by atoms with Gasteiger partial charge < -0.3 is 20.7 Å². The van der Waals surface area contributed by atoms with Crippen molar-refractivity contribution in [2.24, 2.45) is 17.6 Å². The van der Waals surface area contributed by atoms with Gasteiger partial charge in [0.15, 0.2) is 0 Å². The van der Waals surface area contributed by atoms with Gasteiger partial charge in [-0.15, -0.1) is 0 Å². The third-order valence-electron chi connectivity index (χ3n) is 5.67. The summed E-state index contributed by atoms with van der Waals surface area (Å²) in [7, 11) is 0. The first-order valence-corrected chi connectivity index (χ1v) is 9.82. The number of carbonyl (C=O) groups excluding carboxylic acids is 1. The molecule has 0 aromatic heterocycles. The van der Waals surface area contributed by atoms with Crippen molar-refractivity contribution >= 4 is 6.03 Å². The highest BCUT2D eigenvalue weighted by Gasteiger charge is 2.34. The summed E-state index contributed by atoms with van der Waals surface area (Å²) >= 11 is 0. The van der Waals surface area contributed by atoms with E-state index in [0.717, 1.165) is 44.1 Å². The standard InChI is InChI=1S/C19H37N3O2/c1-13(2)15-7-9-16(10-8-15)24-12-18-17(20)6-5-11-22(18)19(23)21-14(3)4/h13-18H,5-12,20H2,1-4H3,(H,21,23)/t15?,16?,17-,18-/m0/s1. The fourth-order valence-electron chi connectivity index (χ4n) is 4.04. The third kappa shape index (κ3) is 5.35. The van der Waals surface area contributed by atoms with E-state index in [1.54, 1.807) is 0 Å². The summed E-state index contributed by atoms with van der Waals surface area (Å²) in [6, 6.07) is 0.157. The number of hydrogen-bond acceptors (Lipinski definition) is 3. The summed E-state index contributed by atoms with van der Waals surface area (Å²) in [6.07, 6.45) is 7.09. The Labute approximate surface area is 147 Å². The minimum absolute atomic E-state index is 0.000298. The molecule has 2 rings (SSSR count). The first kappa shape index (κ1) is 19.5. The van der Waals surface area contributed by atoms with Crippen LogP contribution in [0.2, 0.25) is 0 Å². The molecule has 0 bridgehead atoms. The van der Waals surface area contributed by atoms with Gasteiger partial charge in [0.25, 0.3) is 0 Å². The van der Waals surface area contributed by atoms with Crippen LogP contribution < -0.4 is 11.1 Å². The molecule has 1 saturated heterocycles. The fraction of sp³-hybridized carbons (Fsp3) is 0.947. The van der Waals surface area contributed by atoms with Gasteiger partial charge in [-0.2, -0.15) is 0 Å². The van der Waals surface area contributed by atoms with Crippen molar-refractivity contribution in [1.82, 2.24) is 10.2 Å². The summed E-state index contributed by atoms with van der Waals surface area (Å²) in [5.74, 6) is 1.61. The van der Waals surface area contributed by atoms with Crippen LogP contribution in [0, 0.1) is 11.8 Å². The minimum atomic E-state index is -0.00253. The van der Waals surface area contributed by atoms with Gasteiger partial charge in [-0.1, -0.05) is 13.8 Å². The summed E-state index contributed by atoms with van der Waals surface area (Å²) in [4.78, 5) is 14.3. The SMILES string of the molecule is CC(C)NC(=O)N1CCC[C@H](N)[C@@H]1COC1CCC(C(C)C)CC1. The maximum atomic E-state index is 12.4. The van der Waals surface area contributed by atoms with Crippen LogP contribution in [0.4, 0.5) is 4.79 Å². The number of carbonyl (C=O) groups is 1. The topological polar surface area (TPSA) is 67.6 Å². The number of hydrogen-bond donors (Lipinski definition) is 2. The van der Waals surface area contributed by atoms with Crippen LogP contribution in [-0.4, -0.2) is 48.3 Å². The molecule has 2 fully saturated rings. The van der Waals surface area contributed by atoms with Crippen LogP contribution in [-0.2, 0) is 4.74 Å². The van der Waals surface area contributed by atoms with Crippen molar-refractivity contribution in [3.63, 3.8) is 0 Å². The predicted molar refractivity (Wildman–Crippen MR) is 97.9 cm³/mol. The molecule has 24 heavy (non-hydrogen) atoms. The van der Waals surface area contributed by atoms with E-state index in [-0.39, 0.29) is 24.2 Å². The van der Waals surface area contributed by atoms with Crippen molar-refractivity contribution in [2.75, 3.05) is 13.2 Å². The second-order valence-corrected chi connectivity index (χ2v) is 8.29. The Morgan fingerprint density at radius 2 is 1.83 bits per heavy atom. The molecule has 0 unspecified atom stereocenters. The van der Waals surface area contributed by atoms with Gasteiger partial charge in [-0.05, 0) is 64.2 Å². The third-order valence-corrected chi connectivity index (χ3v) is 5.67. The summed E-state index contributed by atoms with van der Waals surface area (Å²) in [5, 5.41) is 3.00. The second kappa shape index (κ2) is 9.04. The van der Waals surface area contributed by atoms with Crippen molar-refractivity contribution in [3.8, 4) is 0 Å².